The lowest BCUT2D eigenvalue weighted by molar-refractivity contribution is -0.103. The third-order valence-electron chi connectivity index (χ3n) is 3.37. The van der Waals surface area contributed by atoms with Gasteiger partial charge >= 0.3 is 0 Å². The maximum absolute atomic E-state index is 11.2. The van der Waals surface area contributed by atoms with Gasteiger partial charge in [0.2, 0.25) is 5.75 Å². The molecule has 0 N–H and O–H groups in total. The van der Waals surface area contributed by atoms with Gasteiger partial charge in [-0.2, -0.15) is 0 Å². The number of rotatable bonds is 4. The summed E-state index contributed by atoms with van der Waals surface area (Å²) >= 11 is 0. The van der Waals surface area contributed by atoms with Crippen molar-refractivity contribution < 1.29 is 19.0 Å². The first-order valence-corrected chi connectivity index (χ1v) is 6.24. The Kier molecular flexibility index (Phi) is 4.10. The molecule has 0 heterocycles. The third-order valence-corrected chi connectivity index (χ3v) is 3.37. The fraction of sp³-hybridized carbons (Fsp3) is 0.400. The number of hydrogen-bond donors (Lipinski definition) is 0. The van der Waals surface area contributed by atoms with Crippen LogP contribution in [0.1, 0.15) is 24.0 Å². The minimum Gasteiger partial charge on any atom is -0.493 e. The van der Waals surface area contributed by atoms with E-state index < -0.39 is 0 Å². The number of allylic oxidation sites excluding steroid dienone is 2. The van der Waals surface area contributed by atoms with Crippen LogP contribution in [0.3, 0.4) is 0 Å². The van der Waals surface area contributed by atoms with Crippen molar-refractivity contribution >= 4 is 11.9 Å². The number of methoxy groups -OCH3 is 3. The molecule has 0 saturated carbocycles. The summed E-state index contributed by atoms with van der Waals surface area (Å²) in [5, 5.41) is 0. The van der Waals surface area contributed by atoms with Crippen molar-refractivity contribution in [2.24, 2.45) is 0 Å². The molecule has 1 aliphatic rings. The highest BCUT2D eigenvalue weighted by atomic mass is 16.5. The number of carbonyl (C=O) groups excluding carboxylic acids is 1. The lowest BCUT2D eigenvalue weighted by atomic mass is 9.97. The fourth-order valence-electron chi connectivity index (χ4n) is 2.48. The van der Waals surface area contributed by atoms with Crippen molar-refractivity contribution in [1.82, 2.24) is 0 Å². The SMILES string of the molecule is COc1cc2c(c(OC)c1OC)CCCC=C2C=O. The Morgan fingerprint density at radius 3 is 2.42 bits per heavy atom. The average Bonchev–Trinajstić information content (AvgIpc) is 2.66. The summed E-state index contributed by atoms with van der Waals surface area (Å²) in [6.07, 6.45) is 5.57. The Bertz CT molecular complexity index is 517. The summed E-state index contributed by atoms with van der Waals surface area (Å²) in [7, 11) is 4.76. The van der Waals surface area contributed by atoms with Crippen LogP contribution >= 0.6 is 0 Å². The van der Waals surface area contributed by atoms with Crippen molar-refractivity contribution in [2.45, 2.75) is 19.3 Å². The Morgan fingerprint density at radius 1 is 1.11 bits per heavy atom. The van der Waals surface area contributed by atoms with Crippen molar-refractivity contribution in [2.75, 3.05) is 21.3 Å². The highest BCUT2D eigenvalue weighted by molar-refractivity contribution is 6.08. The molecule has 0 radical (unpaired) electrons. The van der Waals surface area contributed by atoms with Crippen molar-refractivity contribution in [1.29, 1.82) is 0 Å². The summed E-state index contributed by atoms with van der Waals surface area (Å²) in [6.45, 7) is 0. The van der Waals surface area contributed by atoms with Crippen LogP contribution < -0.4 is 14.2 Å². The van der Waals surface area contributed by atoms with Gasteiger partial charge in [-0.1, -0.05) is 6.08 Å². The zero-order chi connectivity index (χ0) is 13.8. The molecule has 19 heavy (non-hydrogen) atoms. The molecule has 0 aliphatic heterocycles. The molecular weight excluding hydrogens is 244 g/mol. The van der Waals surface area contributed by atoms with Gasteiger partial charge < -0.3 is 14.2 Å². The second kappa shape index (κ2) is 5.78. The van der Waals surface area contributed by atoms with Gasteiger partial charge in [-0.05, 0) is 30.9 Å². The van der Waals surface area contributed by atoms with Gasteiger partial charge in [0, 0.05) is 11.1 Å². The first kappa shape index (κ1) is 13.5. The predicted molar refractivity (Wildman–Crippen MR) is 73.1 cm³/mol. The Hall–Kier alpha value is -1.97. The summed E-state index contributed by atoms with van der Waals surface area (Å²) < 4.78 is 16.2. The molecule has 2 rings (SSSR count). The molecular formula is C15H18O4. The van der Waals surface area contributed by atoms with Crippen molar-refractivity contribution in [3.63, 3.8) is 0 Å². The molecule has 0 atom stereocenters. The van der Waals surface area contributed by atoms with E-state index in [0.717, 1.165) is 36.7 Å². The number of aldehydes is 1. The number of fused-ring (bicyclic) bond motifs is 1. The van der Waals surface area contributed by atoms with Crippen LogP contribution in [0.15, 0.2) is 12.1 Å². The highest BCUT2D eigenvalue weighted by Gasteiger charge is 2.23. The van der Waals surface area contributed by atoms with Crippen LogP contribution in [0, 0.1) is 0 Å². The monoisotopic (exact) mass is 262 g/mol. The smallest absolute Gasteiger partial charge is 0.203 e. The lowest BCUT2D eigenvalue weighted by Gasteiger charge is -2.18. The van der Waals surface area contributed by atoms with E-state index in [-0.39, 0.29) is 0 Å². The standard InChI is InChI=1S/C15H18O4/c1-17-13-8-12-10(9-16)6-4-5-7-11(12)14(18-2)15(13)19-3/h6,8-9H,4-5,7H2,1-3H3. The molecule has 0 bridgehead atoms. The highest BCUT2D eigenvalue weighted by Crippen LogP contribution is 2.45. The Labute approximate surface area is 113 Å². The van der Waals surface area contributed by atoms with E-state index in [1.54, 1.807) is 21.3 Å². The van der Waals surface area contributed by atoms with E-state index in [0.29, 0.717) is 22.8 Å². The van der Waals surface area contributed by atoms with Gasteiger partial charge in [-0.25, -0.2) is 0 Å². The molecule has 1 aromatic rings. The van der Waals surface area contributed by atoms with Crippen LogP contribution in [0.4, 0.5) is 0 Å². The molecule has 0 spiro atoms. The molecule has 1 aromatic carbocycles. The van der Waals surface area contributed by atoms with Gasteiger partial charge in [0.1, 0.15) is 6.29 Å². The summed E-state index contributed by atoms with van der Waals surface area (Å²) in [6, 6.07) is 1.85. The largest absolute Gasteiger partial charge is 0.493 e. The molecule has 0 saturated heterocycles. The molecule has 1 aliphatic carbocycles. The topological polar surface area (TPSA) is 44.8 Å². The minimum absolute atomic E-state index is 0.577. The molecule has 0 unspecified atom stereocenters. The zero-order valence-corrected chi connectivity index (χ0v) is 11.5. The predicted octanol–water partition coefficient (Wildman–Crippen LogP) is 2.63. The number of ether oxygens (including phenoxy) is 3. The molecule has 0 fully saturated rings. The van der Waals surface area contributed by atoms with Crippen LogP contribution in [0.5, 0.6) is 17.2 Å². The van der Waals surface area contributed by atoms with Crippen LogP contribution in [0.25, 0.3) is 5.57 Å². The van der Waals surface area contributed by atoms with Gasteiger partial charge in [-0.15, -0.1) is 0 Å². The van der Waals surface area contributed by atoms with E-state index in [1.165, 1.54) is 0 Å². The second-order valence-corrected chi connectivity index (χ2v) is 4.34. The Balaban J connectivity index is 2.73. The quantitative estimate of drug-likeness (QED) is 0.782. The van der Waals surface area contributed by atoms with E-state index in [4.69, 9.17) is 14.2 Å². The first-order valence-electron chi connectivity index (χ1n) is 6.24. The molecule has 4 heteroatoms. The normalized spacial score (nSPS) is 13.9. The number of carbonyl (C=O) groups is 1. The van der Waals surface area contributed by atoms with Gasteiger partial charge in [0.25, 0.3) is 0 Å². The second-order valence-electron chi connectivity index (χ2n) is 4.34. The van der Waals surface area contributed by atoms with E-state index in [9.17, 15) is 4.79 Å². The minimum atomic E-state index is 0.577. The molecule has 102 valence electrons. The van der Waals surface area contributed by atoms with Gasteiger partial charge in [0.05, 0.1) is 21.3 Å². The van der Waals surface area contributed by atoms with E-state index >= 15 is 0 Å². The fourth-order valence-corrected chi connectivity index (χ4v) is 2.48. The lowest BCUT2D eigenvalue weighted by Crippen LogP contribution is -2.02. The van der Waals surface area contributed by atoms with Crippen molar-refractivity contribution in [3.05, 3.63) is 23.3 Å². The van der Waals surface area contributed by atoms with Crippen LogP contribution in [0.2, 0.25) is 0 Å². The van der Waals surface area contributed by atoms with Crippen LogP contribution in [-0.4, -0.2) is 27.6 Å². The summed E-state index contributed by atoms with van der Waals surface area (Å²) in [4.78, 5) is 11.2. The molecule has 0 amide bonds. The van der Waals surface area contributed by atoms with E-state index in [2.05, 4.69) is 0 Å². The number of hydrogen-bond acceptors (Lipinski definition) is 4. The Morgan fingerprint density at radius 2 is 1.84 bits per heavy atom. The molecule has 4 nitrogen and oxygen atoms in total. The van der Waals surface area contributed by atoms with Crippen molar-refractivity contribution in [3.8, 4) is 17.2 Å². The van der Waals surface area contributed by atoms with Crippen LogP contribution in [-0.2, 0) is 11.2 Å². The maximum atomic E-state index is 11.2. The summed E-state index contributed by atoms with van der Waals surface area (Å²) in [5.74, 6) is 1.81. The number of benzene rings is 1. The average molecular weight is 262 g/mol. The maximum Gasteiger partial charge on any atom is 0.203 e. The van der Waals surface area contributed by atoms with Gasteiger partial charge in [0.15, 0.2) is 11.5 Å². The zero-order valence-electron chi connectivity index (χ0n) is 11.5. The van der Waals surface area contributed by atoms with Gasteiger partial charge in [-0.3, -0.25) is 4.79 Å². The summed E-state index contributed by atoms with van der Waals surface area (Å²) in [5.41, 5.74) is 2.57. The van der Waals surface area contributed by atoms with E-state index in [1.807, 2.05) is 12.1 Å². The molecule has 0 aromatic heterocycles. The first-order chi connectivity index (χ1) is 9.26. The third kappa shape index (κ3) is 2.30.